The second kappa shape index (κ2) is 15.4. The molecule has 0 atom stereocenters. The van der Waals surface area contributed by atoms with Crippen molar-refractivity contribution in [2.24, 2.45) is 0 Å². The highest BCUT2D eigenvalue weighted by atomic mass is 16.2. The van der Waals surface area contributed by atoms with E-state index in [0.29, 0.717) is 6.61 Å². The SMILES string of the molecule is CCCC=C/C=C\CCCCCCCCCO. The third-order valence-corrected chi connectivity index (χ3v) is 2.87. The number of unbranched alkanes of at least 4 members (excludes halogenated alkanes) is 8. The van der Waals surface area contributed by atoms with Gasteiger partial charge in [-0.05, 0) is 25.7 Å². The minimum absolute atomic E-state index is 0.357. The maximum atomic E-state index is 8.63. The van der Waals surface area contributed by atoms with Crippen LogP contribution in [-0.2, 0) is 0 Å². The largest absolute Gasteiger partial charge is 0.396 e. The molecule has 1 nitrogen and oxygen atoms in total. The number of aliphatic hydroxyl groups excluding tert-OH is 1. The van der Waals surface area contributed by atoms with E-state index in [9.17, 15) is 0 Å². The summed E-state index contributed by atoms with van der Waals surface area (Å²) in [6.45, 7) is 2.56. The van der Waals surface area contributed by atoms with E-state index in [0.717, 1.165) is 6.42 Å². The molecule has 0 aliphatic carbocycles. The molecule has 0 aromatic heterocycles. The molecule has 0 radical (unpaired) electrons. The lowest BCUT2D eigenvalue weighted by atomic mass is 10.1. The van der Waals surface area contributed by atoms with E-state index in [1.54, 1.807) is 0 Å². The van der Waals surface area contributed by atoms with Crippen molar-refractivity contribution in [3.63, 3.8) is 0 Å². The van der Waals surface area contributed by atoms with Crippen LogP contribution in [0.4, 0.5) is 0 Å². The third kappa shape index (κ3) is 15.4. The molecule has 0 saturated carbocycles. The fourth-order valence-electron chi connectivity index (χ4n) is 1.77. The van der Waals surface area contributed by atoms with Crippen molar-refractivity contribution in [1.29, 1.82) is 0 Å². The van der Waals surface area contributed by atoms with Crippen molar-refractivity contribution in [2.75, 3.05) is 6.61 Å². The topological polar surface area (TPSA) is 20.2 Å². The molecule has 1 heteroatoms. The van der Waals surface area contributed by atoms with E-state index in [1.807, 2.05) is 0 Å². The molecule has 17 heavy (non-hydrogen) atoms. The lowest BCUT2D eigenvalue weighted by Gasteiger charge is -1.99. The van der Waals surface area contributed by atoms with E-state index < -0.39 is 0 Å². The predicted octanol–water partition coefficient (Wildman–Crippen LogP) is 5.01. The Kier molecular flexibility index (Phi) is 14.9. The van der Waals surface area contributed by atoms with Gasteiger partial charge in [-0.2, -0.15) is 0 Å². The Bertz CT molecular complexity index is 182. The monoisotopic (exact) mass is 238 g/mol. The lowest BCUT2D eigenvalue weighted by Crippen LogP contribution is -1.83. The average Bonchev–Trinajstić information content (AvgIpc) is 2.35. The summed E-state index contributed by atoms with van der Waals surface area (Å²) in [5.74, 6) is 0. The van der Waals surface area contributed by atoms with Crippen LogP contribution in [0.5, 0.6) is 0 Å². The van der Waals surface area contributed by atoms with Crippen LogP contribution in [0.3, 0.4) is 0 Å². The van der Waals surface area contributed by atoms with Gasteiger partial charge in [0.15, 0.2) is 0 Å². The fourth-order valence-corrected chi connectivity index (χ4v) is 1.77. The van der Waals surface area contributed by atoms with Crippen LogP contribution >= 0.6 is 0 Å². The number of allylic oxidation sites excluding steroid dienone is 4. The summed E-state index contributed by atoms with van der Waals surface area (Å²) < 4.78 is 0. The summed E-state index contributed by atoms with van der Waals surface area (Å²) in [6, 6.07) is 0. The van der Waals surface area contributed by atoms with Gasteiger partial charge in [0.1, 0.15) is 0 Å². The van der Waals surface area contributed by atoms with Gasteiger partial charge in [0.05, 0.1) is 0 Å². The zero-order chi connectivity index (χ0) is 12.6. The van der Waals surface area contributed by atoms with Crippen LogP contribution in [0, 0.1) is 0 Å². The lowest BCUT2D eigenvalue weighted by molar-refractivity contribution is 0.282. The second-order valence-corrected chi connectivity index (χ2v) is 4.63. The Morgan fingerprint density at radius 3 is 1.82 bits per heavy atom. The zero-order valence-corrected chi connectivity index (χ0v) is 11.5. The molecule has 0 fully saturated rings. The van der Waals surface area contributed by atoms with Gasteiger partial charge in [0.25, 0.3) is 0 Å². The predicted molar refractivity (Wildman–Crippen MR) is 77.2 cm³/mol. The van der Waals surface area contributed by atoms with Crippen LogP contribution in [-0.4, -0.2) is 11.7 Å². The molecule has 100 valence electrons. The molecule has 0 aliphatic heterocycles. The molecule has 0 aromatic rings. The molecule has 0 aliphatic rings. The van der Waals surface area contributed by atoms with Crippen molar-refractivity contribution in [3.8, 4) is 0 Å². The van der Waals surface area contributed by atoms with Crippen molar-refractivity contribution in [2.45, 2.75) is 71.1 Å². The first-order chi connectivity index (χ1) is 8.41. The summed E-state index contributed by atoms with van der Waals surface area (Å²) in [7, 11) is 0. The molecular weight excluding hydrogens is 208 g/mol. The van der Waals surface area contributed by atoms with Gasteiger partial charge in [-0.1, -0.05) is 69.8 Å². The van der Waals surface area contributed by atoms with Crippen LogP contribution in [0.25, 0.3) is 0 Å². The van der Waals surface area contributed by atoms with Crippen molar-refractivity contribution in [3.05, 3.63) is 24.3 Å². The van der Waals surface area contributed by atoms with Gasteiger partial charge >= 0.3 is 0 Å². The summed E-state index contributed by atoms with van der Waals surface area (Å²) >= 11 is 0. The molecule has 0 spiro atoms. The molecule has 0 aromatic carbocycles. The van der Waals surface area contributed by atoms with Gasteiger partial charge in [0, 0.05) is 6.61 Å². The summed E-state index contributed by atoms with van der Waals surface area (Å²) in [5, 5.41) is 8.63. The quantitative estimate of drug-likeness (QED) is 0.374. The highest BCUT2D eigenvalue weighted by Crippen LogP contribution is 2.08. The van der Waals surface area contributed by atoms with E-state index in [1.165, 1.54) is 57.8 Å². The molecule has 1 N–H and O–H groups in total. The number of hydrogen-bond donors (Lipinski definition) is 1. The first kappa shape index (κ1) is 16.4. The van der Waals surface area contributed by atoms with Crippen LogP contribution in [0.15, 0.2) is 24.3 Å². The summed E-state index contributed by atoms with van der Waals surface area (Å²) in [5.41, 5.74) is 0. The maximum Gasteiger partial charge on any atom is 0.0431 e. The second-order valence-electron chi connectivity index (χ2n) is 4.63. The molecule has 0 bridgehead atoms. The van der Waals surface area contributed by atoms with Crippen molar-refractivity contribution in [1.82, 2.24) is 0 Å². The standard InChI is InChI=1S/C16H30O/c1-2-3-4-5-6-7-8-9-10-11-12-13-14-15-16-17/h4-7,17H,2-3,8-16H2,1H3/b5-4?,7-6-. The minimum Gasteiger partial charge on any atom is -0.396 e. The van der Waals surface area contributed by atoms with Gasteiger partial charge in [0.2, 0.25) is 0 Å². The Balaban J connectivity index is 3.07. The van der Waals surface area contributed by atoms with Crippen LogP contribution in [0.2, 0.25) is 0 Å². The maximum absolute atomic E-state index is 8.63. The number of hydrogen-bond acceptors (Lipinski definition) is 1. The summed E-state index contributed by atoms with van der Waals surface area (Å²) in [4.78, 5) is 0. The van der Waals surface area contributed by atoms with Crippen molar-refractivity contribution < 1.29 is 5.11 Å². The van der Waals surface area contributed by atoms with Crippen LogP contribution in [0.1, 0.15) is 71.1 Å². The highest BCUT2D eigenvalue weighted by Gasteiger charge is 1.90. The fraction of sp³-hybridized carbons (Fsp3) is 0.750. The van der Waals surface area contributed by atoms with E-state index in [-0.39, 0.29) is 0 Å². The Labute approximate surface area is 108 Å². The molecule has 0 heterocycles. The van der Waals surface area contributed by atoms with Gasteiger partial charge in [-0.3, -0.25) is 0 Å². The smallest absolute Gasteiger partial charge is 0.0431 e. The Morgan fingerprint density at radius 1 is 0.706 bits per heavy atom. The Hall–Kier alpha value is -0.560. The molecule has 0 saturated heterocycles. The normalized spacial score (nSPS) is 11.9. The average molecular weight is 238 g/mol. The molecule has 0 unspecified atom stereocenters. The number of aliphatic hydroxyl groups is 1. The van der Waals surface area contributed by atoms with E-state index in [4.69, 9.17) is 5.11 Å². The number of rotatable bonds is 12. The van der Waals surface area contributed by atoms with Gasteiger partial charge in [-0.25, -0.2) is 0 Å². The van der Waals surface area contributed by atoms with E-state index >= 15 is 0 Å². The van der Waals surface area contributed by atoms with Gasteiger partial charge < -0.3 is 5.11 Å². The molecule has 0 rings (SSSR count). The molecule has 0 amide bonds. The van der Waals surface area contributed by atoms with Crippen LogP contribution < -0.4 is 0 Å². The highest BCUT2D eigenvalue weighted by molar-refractivity contribution is 5.02. The zero-order valence-electron chi connectivity index (χ0n) is 11.5. The third-order valence-electron chi connectivity index (χ3n) is 2.87. The summed E-state index contributed by atoms with van der Waals surface area (Å²) in [6.07, 6.45) is 21.3. The Morgan fingerprint density at radius 2 is 1.24 bits per heavy atom. The van der Waals surface area contributed by atoms with Gasteiger partial charge in [-0.15, -0.1) is 0 Å². The first-order valence-electron chi connectivity index (χ1n) is 7.34. The van der Waals surface area contributed by atoms with Crippen molar-refractivity contribution >= 4 is 0 Å². The molecular formula is C16H30O. The first-order valence-corrected chi connectivity index (χ1v) is 7.34. The van der Waals surface area contributed by atoms with E-state index in [2.05, 4.69) is 31.2 Å². The minimum atomic E-state index is 0.357.